The molecular formula is C13H20FN5O. The fourth-order valence-corrected chi connectivity index (χ4v) is 2.41. The van der Waals surface area contributed by atoms with E-state index >= 15 is 0 Å². The predicted molar refractivity (Wildman–Crippen MR) is 75.2 cm³/mol. The van der Waals surface area contributed by atoms with E-state index in [4.69, 9.17) is 0 Å². The first kappa shape index (κ1) is 14.5. The molecule has 2 heterocycles. The molecule has 1 aromatic rings. The number of hydrogen-bond donors (Lipinski definition) is 2. The Hall–Kier alpha value is -1.92. The molecule has 20 heavy (non-hydrogen) atoms. The van der Waals surface area contributed by atoms with E-state index in [0.29, 0.717) is 25.6 Å². The molecule has 2 N–H and O–H groups in total. The van der Waals surface area contributed by atoms with E-state index in [1.807, 2.05) is 11.8 Å². The van der Waals surface area contributed by atoms with Crippen LogP contribution < -0.4 is 15.5 Å². The van der Waals surface area contributed by atoms with Gasteiger partial charge in [-0.1, -0.05) is 0 Å². The van der Waals surface area contributed by atoms with Gasteiger partial charge >= 0.3 is 0 Å². The number of halogens is 1. The third kappa shape index (κ3) is 3.15. The molecule has 1 aliphatic heterocycles. The SMILES string of the molecule is CCNc1ncc(F)c(N2CCCC(C(=O)NC)C2)n1. The average molecular weight is 281 g/mol. The first-order valence-corrected chi connectivity index (χ1v) is 6.88. The first-order valence-electron chi connectivity index (χ1n) is 6.88. The summed E-state index contributed by atoms with van der Waals surface area (Å²) in [5.41, 5.74) is 0. The molecule has 6 nitrogen and oxygen atoms in total. The normalized spacial score (nSPS) is 18.8. The number of piperidine rings is 1. The summed E-state index contributed by atoms with van der Waals surface area (Å²) >= 11 is 0. The second kappa shape index (κ2) is 6.49. The molecule has 0 aliphatic carbocycles. The fraction of sp³-hybridized carbons (Fsp3) is 0.615. The van der Waals surface area contributed by atoms with Crippen molar-refractivity contribution >= 4 is 17.7 Å². The molecule has 0 radical (unpaired) electrons. The van der Waals surface area contributed by atoms with Crippen molar-refractivity contribution in [2.75, 3.05) is 36.9 Å². The summed E-state index contributed by atoms with van der Waals surface area (Å²) in [5, 5.41) is 5.61. The quantitative estimate of drug-likeness (QED) is 0.862. The van der Waals surface area contributed by atoms with Crippen LogP contribution in [0, 0.1) is 11.7 Å². The molecule has 1 aliphatic rings. The zero-order chi connectivity index (χ0) is 14.5. The third-order valence-corrected chi connectivity index (χ3v) is 3.40. The van der Waals surface area contributed by atoms with Crippen molar-refractivity contribution in [2.24, 2.45) is 5.92 Å². The van der Waals surface area contributed by atoms with Gasteiger partial charge in [0.15, 0.2) is 11.6 Å². The Morgan fingerprint density at radius 1 is 1.60 bits per heavy atom. The summed E-state index contributed by atoms with van der Waals surface area (Å²) in [6.45, 7) is 3.78. The van der Waals surface area contributed by atoms with Crippen molar-refractivity contribution < 1.29 is 9.18 Å². The molecule has 110 valence electrons. The van der Waals surface area contributed by atoms with E-state index in [-0.39, 0.29) is 17.6 Å². The summed E-state index contributed by atoms with van der Waals surface area (Å²) < 4.78 is 13.9. The van der Waals surface area contributed by atoms with Gasteiger partial charge in [0, 0.05) is 26.7 Å². The monoisotopic (exact) mass is 281 g/mol. The zero-order valence-electron chi connectivity index (χ0n) is 11.8. The van der Waals surface area contributed by atoms with E-state index in [9.17, 15) is 9.18 Å². The van der Waals surface area contributed by atoms with E-state index in [2.05, 4.69) is 20.6 Å². The molecule has 1 aromatic heterocycles. The van der Waals surface area contributed by atoms with Crippen LogP contribution in [0.15, 0.2) is 6.20 Å². The highest BCUT2D eigenvalue weighted by Crippen LogP contribution is 2.24. The van der Waals surface area contributed by atoms with Crippen molar-refractivity contribution in [2.45, 2.75) is 19.8 Å². The van der Waals surface area contributed by atoms with Crippen LogP contribution >= 0.6 is 0 Å². The Morgan fingerprint density at radius 2 is 2.40 bits per heavy atom. The fourth-order valence-electron chi connectivity index (χ4n) is 2.41. The van der Waals surface area contributed by atoms with Gasteiger partial charge in [-0.05, 0) is 19.8 Å². The molecule has 7 heteroatoms. The predicted octanol–water partition coefficient (Wildman–Crippen LogP) is 1.01. The van der Waals surface area contributed by atoms with Crippen molar-refractivity contribution in [3.8, 4) is 0 Å². The lowest BCUT2D eigenvalue weighted by Crippen LogP contribution is -2.42. The first-order chi connectivity index (χ1) is 9.65. The van der Waals surface area contributed by atoms with Gasteiger partial charge in [-0.15, -0.1) is 0 Å². The summed E-state index contributed by atoms with van der Waals surface area (Å²) in [4.78, 5) is 21.6. The Kier molecular flexibility index (Phi) is 4.70. The van der Waals surface area contributed by atoms with Crippen LogP contribution in [0.25, 0.3) is 0 Å². The summed E-state index contributed by atoms with van der Waals surface area (Å²) in [5.74, 6) is 0.0986. The Balaban J connectivity index is 2.17. The highest BCUT2D eigenvalue weighted by atomic mass is 19.1. The highest BCUT2D eigenvalue weighted by Gasteiger charge is 2.27. The number of nitrogens with one attached hydrogen (secondary N) is 2. The maximum absolute atomic E-state index is 13.9. The van der Waals surface area contributed by atoms with E-state index < -0.39 is 5.82 Å². The molecule has 0 spiro atoms. The van der Waals surface area contributed by atoms with Gasteiger partial charge in [-0.2, -0.15) is 4.98 Å². The van der Waals surface area contributed by atoms with Crippen molar-refractivity contribution in [3.05, 3.63) is 12.0 Å². The minimum absolute atomic E-state index is 0.00364. The topological polar surface area (TPSA) is 70.2 Å². The van der Waals surface area contributed by atoms with Gasteiger partial charge in [0.25, 0.3) is 0 Å². The number of anilines is 2. The summed E-state index contributed by atoms with van der Waals surface area (Å²) in [6, 6.07) is 0. The smallest absolute Gasteiger partial charge is 0.224 e. The van der Waals surface area contributed by atoms with Crippen LogP contribution in [-0.2, 0) is 4.79 Å². The van der Waals surface area contributed by atoms with Gasteiger partial charge in [-0.25, -0.2) is 9.37 Å². The molecule has 0 saturated carbocycles. The second-order valence-corrected chi connectivity index (χ2v) is 4.79. The molecule has 0 aromatic carbocycles. The average Bonchev–Trinajstić information content (AvgIpc) is 2.49. The van der Waals surface area contributed by atoms with Gasteiger partial charge in [-0.3, -0.25) is 4.79 Å². The van der Waals surface area contributed by atoms with Crippen LogP contribution in [0.4, 0.5) is 16.2 Å². The third-order valence-electron chi connectivity index (χ3n) is 3.40. The largest absolute Gasteiger partial charge is 0.359 e. The molecular weight excluding hydrogens is 261 g/mol. The second-order valence-electron chi connectivity index (χ2n) is 4.79. The van der Waals surface area contributed by atoms with Crippen molar-refractivity contribution in [1.82, 2.24) is 15.3 Å². The lowest BCUT2D eigenvalue weighted by molar-refractivity contribution is -0.124. The van der Waals surface area contributed by atoms with Crippen LogP contribution in [0.3, 0.4) is 0 Å². The summed E-state index contributed by atoms with van der Waals surface area (Å²) in [6.07, 6.45) is 2.84. The number of carbonyl (C=O) groups is 1. The number of nitrogens with zero attached hydrogens (tertiary/aromatic N) is 3. The van der Waals surface area contributed by atoms with Gasteiger partial charge < -0.3 is 15.5 Å². The lowest BCUT2D eigenvalue weighted by Gasteiger charge is -2.32. The molecule has 1 amide bonds. The van der Waals surface area contributed by atoms with E-state index in [0.717, 1.165) is 12.8 Å². The summed E-state index contributed by atoms with van der Waals surface area (Å²) in [7, 11) is 1.62. The number of aromatic nitrogens is 2. The van der Waals surface area contributed by atoms with Crippen LogP contribution in [0.5, 0.6) is 0 Å². The Labute approximate surface area is 117 Å². The molecule has 0 bridgehead atoms. The van der Waals surface area contributed by atoms with Crippen LogP contribution in [0.2, 0.25) is 0 Å². The number of carbonyl (C=O) groups excluding carboxylic acids is 1. The molecule has 1 fully saturated rings. The minimum Gasteiger partial charge on any atom is -0.359 e. The molecule has 1 unspecified atom stereocenters. The van der Waals surface area contributed by atoms with E-state index in [1.54, 1.807) is 7.05 Å². The molecule has 1 atom stereocenters. The van der Waals surface area contributed by atoms with Gasteiger partial charge in [0.2, 0.25) is 11.9 Å². The zero-order valence-corrected chi connectivity index (χ0v) is 11.8. The van der Waals surface area contributed by atoms with Crippen molar-refractivity contribution in [1.29, 1.82) is 0 Å². The minimum atomic E-state index is -0.454. The number of rotatable bonds is 4. The Bertz CT molecular complexity index is 482. The van der Waals surface area contributed by atoms with Crippen molar-refractivity contribution in [3.63, 3.8) is 0 Å². The highest BCUT2D eigenvalue weighted by molar-refractivity contribution is 5.79. The number of hydrogen-bond acceptors (Lipinski definition) is 5. The van der Waals surface area contributed by atoms with E-state index in [1.165, 1.54) is 6.20 Å². The molecule has 2 rings (SSSR count). The lowest BCUT2D eigenvalue weighted by atomic mass is 9.97. The maximum atomic E-state index is 13.9. The van der Waals surface area contributed by atoms with Gasteiger partial charge in [0.05, 0.1) is 12.1 Å². The van der Waals surface area contributed by atoms with Crippen LogP contribution in [0.1, 0.15) is 19.8 Å². The standard InChI is InChI=1S/C13H20FN5O/c1-3-16-13-17-7-10(14)11(18-13)19-6-4-5-9(8-19)12(20)15-2/h7,9H,3-6,8H2,1-2H3,(H,15,20)(H,16,17,18). The molecule has 1 saturated heterocycles. The van der Waals surface area contributed by atoms with Crippen LogP contribution in [-0.4, -0.2) is 42.6 Å². The number of amides is 1. The maximum Gasteiger partial charge on any atom is 0.224 e. The van der Waals surface area contributed by atoms with Gasteiger partial charge in [0.1, 0.15) is 0 Å². The Morgan fingerprint density at radius 3 is 3.10 bits per heavy atom.